The van der Waals surface area contributed by atoms with Crippen LogP contribution in [0.3, 0.4) is 0 Å². The molecule has 5 nitrogen and oxygen atoms in total. The second kappa shape index (κ2) is 7.48. The molecule has 1 heterocycles. The van der Waals surface area contributed by atoms with Gasteiger partial charge in [0, 0.05) is 0 Å². The van der Waals surface area contributed by atoms with Gasteiger partial charge in [-0.15, -0.1) is 0 Å². The molecule has 5 heteroatoms. The second-order valence-electron chi connectivity index (χ2n) is 5.48. The van der Waals surface area contributed by atoms with Gasteiger partial charge in [0.2, 0.25) is 5.91 Å². The highest BCUT2D eigenvalue weighted by atomic mass is 16.4. The predicted octanol–water partition coefficient (Wildman–Crippen LogP) is 1.48. The number of carboxylic acids is 1. The molecule has 0 aromatic heterocycles. The average molecular weight is 270 g/mol. The molecule has 0 radical (unpaired) electrons. The van der Waals surface area contributed by atoms with Crippen molar-refractivity contribution >= 4 is 11.9 Å². The van der Waals surface area contributed by atoms with Crippen LogP contribution in [0, 0.1) is 5.92 Å². The van der Waals surface area contributed by atoms with Crippen molar-refractivity contribution < 1.29 is 14.7 Å². The molecule has 0 aromatic carbocycles. The van der Waals surface area contributed by atoms with Crippen LogP contribution in [0.15, 0.2) is 0 Å². The van der Waals surface area contributed by atoms with Crippen molar-refractivity contribution in [2.24, 2.45) is 5.92 Å². The molecule has 110 valence electrons. The summed E-state index contributed by atoms with van der Waals surface area (Å²) >= 11 is 0. The second-order valence-corrected chi connectivity index (χ2v) is 5.48. The minimum atomic E-state index is -0.950. The van der Waals surface area contributed by atoms with Crippen molar-refractivity contribution in [2.45, 2.75) is 58.5 Å². The molecule has 3 unspecified atom stereocenters. The Bertz CT molecular complexity index is 314. The maximum absolute atomic E-state index is 12.2. The zero-order valence-electron chi connectivity index (χ0n) is 12.2. The van der Waals surface area contributed by atoms with Gasteiger partial charge in [0.05, 0.1) is 6.04 Å². The van der Waals surface area contributed by atoms with Crippen LogP contribution < -0.4 is 5.32 Å². The van der Waals surface area contributed by atoms with Crippen LogP contribution >= 0.6 is 0 Å². The van der Waals surface area contributed by atoms with Gasteiger partial charge in [-0.1, -0.05) is 26.7 Å². The van der Waals surface area contributed by atoms with Gasteiger partial charge >= 0.3 is 5.97 Å². The molecular weight excluding hydrogens is 244 g/mol. The lowest BCUT2D eigenvalue weighted by atomic mass is 9.99. The SMILES string of the molecule is CCC(C)C(NC(=O)C(C)N1CCCCC1)C(=O)O. The smallest absolute Gasteiger partial charge is 0.326 e. The maximum Gasteiger partial charge on any atom is 0.326 e. The van der Waals surface area contributed by atoms with Gasteiger partial charge in [0.1, 0.15) is 6.04 Å². The lowest BCUT2D eigenvalue weighted by Gasteiger charge is -2.32. The van der Waals surface area contributed by atoms with Gasteiger partial charge in [-0.25, -0.2) is 4.79 Å². The molecule has 1 aliphatic heterocycles. The van der Waals surface area contributed by atoms with E-state index in [1.807, 2.05) is 20.8 Å². The topological polar surface area (TPSA) is 69.6 Å². The van der Waals surface area contributed by atoms with Crippen LogP contribution in [0.2, 0.25) is 0 Å². The molecule has 2 N–H and O–H groups in total. The number of carbonyl (C=O) groups excluding carboxylic acids is 1. The molecule has 1 aliphatic rings. The highest BCUT2D eigenvalue weighted by Crippen LogP contribution is 2.13. The van der Waals surface area contributed by atoms with Crippen LogP contribution in [0.1, 0.15) is 46.5 Å². The number of hydrogen-bond donors (Lipinski definition) is 2. The summed E-state index contributed by atoms with van der Waals surface area (Å²) in [5.41, 5.74) is 0. The van der Waals surface area contributed by atoms with Crippen LogP contribution in [0.5, 0.6) is 0 Å². The van der Waals surface area contributed by atoms with Crippen LogP contribution in [-0.2, 0) is 9.59 Å². The van der Waals surface area contributed by atoms with Gasteiger partial charge in [0.25, 0.3) is 0 Å². The van der Waals surface area contributed by atoms with E-state index in [1.54, 1.807) is 0 Å². The largest absolute Gasteiger partial charge is 0.480 e. The molecule has 1 amide bonds. The van der Waals surface area contributed by atoms with Gasteiger partial charge in [0.15, 0.2) is 0 Å². The number of hydrogen-bond acceptors (Lipinski definition) is 3. The van der Waals surface area contributed by atoms with E-state index in [2.05, 4.69) is 10.2 Å². The van der Waals surface area contributed by atoms with E-state index in [0.717, 1.165) is 32.4 Å². The Morgan fingerprint density at radius 1 is 1.21 bits per heavy atom. The minimum absolute atomic E-state index is 0.0602. The Balaban J connectivity index is 2.57. The fourth-order valence-electron chi connectivity index (χ4n) is 2.43. The standard InChI is InChI=1S/C14H26N2O3/c1-4-10(2)12(14(18)19)15-13(17)11(3)16-8-6-5-7-9-16/h10-12H,4-9H2,1-3H3,(H,15,17)(H,18,19). The number of piperidine rings is 1. The van der Waals surface area contributed by atoms with Gasteiger partial charge < -0.3 is 10.4 Å². The molecule has 0 bridgehead atoms. The Morgan fingerprint density at radius 3 is 2.26 bits per heavy atom. The molecular formula is C14H26N2O3. The van der Waals surface area contributed by atoms with E-state index < -0.39 is 12.0 Å². The molecule has 0 saturated carbocycles. The Labute approximate surface area is 115 Å². The fraction of sp³-hybridized carbons (Fsp3) is 0.857. The van der Waals surface area contributed by atoms with Crippen molar-refractivity contribution in [1.29, 1.82) is 0 Å². The highest BCUT2D eigenvalue weighted by Gasteiger charge is 2.29. The average Bonchev–Trinajstić information content (AvgIpc) is 2.43. The van der Waals surface area contributed by atoms with Gasteiger partial charge in [-0.3, -0.25) is 9.69 Å². The Hall–Kier alpha value is -1.10. The quantitative estimate of drug-likeness (QED) is 0.767. The number of amides is 1. The van der Waals surface area contributed by atoms with Crippen molar-refractivity contribution in [1.82, 2.24) is 10.2 Å². The maximum atomic E-state index is 12.2. The number of aliphatic carboxylic acids is 1. The summed E-state index contributed by atoms with van der Waals surface area (Å²) < 4.78 is 0. The van der Waals surface area contributed by atoms with Gasteiger partial charge in [-0.2, -0.15) is 0 Å². The van der Waals surface area contributed by atoms with Crippen molar-refractivity contribution in [3.63, 3.8) is 0 Å². The number of carbonyl (C=O) groups is 2. The lowest BCUT2D eigenvalue weighted by Crippen LogP contribution is -2.53. The first-order valence-electron chi connectivity index (χ1n) is 7.24. The third-order valence-electron chi connectivity index (χ3n) is 4.09. The third kappa shape index (κ3) is 4.49. The summed E-state index contributed by atoms with van der Waals surface area (Å²) in [5, 5.41) is 11.9. The molecule has 3 atom stereocenters. The number of rotatable bonds is 6. The molecule has 0 aromatic rings. The van der Waals surface area contributed by atoms with E-state index in [0.29, 0.717) is 0 Å². The lowest BCUT2D eigenvalue weighted by molar-refractivity contribution is -0.144. The normalized spacial score (nSPS) is 21.4. The fourth-order valence-corrected chi connectivity index (χ4v) is 2.43. The molecule has 0 spiro atoms. The van der Waals surface area contributed by atoms with Crippen LogP contribution in [0.4, 0.5) is 0 Å². The Morgan fingerprint density at radius 2 is 1.79 bits per heavy atom. The highest BCUT2D eigenvalue weighted by molar-refractivity contribution is 5.86. The number of carboxylic acid groups (broad SMARTS) is 1. The van der Waals surface area contributed by atoms with E-state index in [-0.39, 0.29) is 17.9 Å². The van der Waals surface area contributed by atoms with E-state index in [9.17, 15) is 14.7 Å². The van der Waals surface area contributed by atoms with Crippen molar-refractivity contribution in [3.05, 3.63) is 0 Å². The zero-order valence-corrected chi connectivity index (χ0v) is 12.2. The Kier molecular flexibility index (Phi) is 6.28. The summed E-state index contributed by atoms with van der Waals surface area (Å²) in [4.78, 5) is 25.5. The molecule has 1 fully saturated rings. The molecule has 1 saturated heterocycles. The van der Waals surface area contributed by atoms with E-state index >= 15 is 0 Å². The summed E-state index contributed by atoms with van der Waals surface area (Å²) in [6, 6.07) is -1.03. The first-order valence-corrected chi connectivity index (χ1v) is 7.24. The molecule has 0 aliphatic carbocycles. The van der Waals surface area contributed by atoms with E-state index in [4.69, 9.17) is 0 Å². The third-order valence-corrected chi connectivity index (χ3v) is 4.09. The number of nitrogens with zero attached hydrogens (tertiary/aromatic N) is 1. The van der Waals surface area contributed by atoms with Crippen LogP contribution in [0.25, 0.3) is 0 Å². The summed E-state index contributed by atoms with van der Waals surface area (Å²) in [6.45, 7) is 7.49. The first-order chi connectivity index (χ1) is 8.97. The number of likely N-dealkylation sites (tertiary alicyclic amines) is 1. The first kappa shape index (κ1) is 16.0. The summed E-state index contributed by atoms with van der Waals surface area (Å²) in [5.74, 6) is -1.18. The van der Waals surface area contributed by atoms with Crippen molar-refractivity contribution in [3.8, 4) is 0 Å². The molecule has 1 rings (SSSR count). The zero-order chi connectivity index (χ0) is 14.4. The monoisotopic (exact) mass is 270 g/mol. The molecule has 19 heavy (non-hydrogen) atoms. The van der Waals surface area contributed by atoms with Gasteiger partial charge in [-0.05, 0) is 38.8 Å². The predicted molar refractivity (Wildman–Crippen MR) is 73.9 cm³/mol. The van der Waals surface area contributed by atoms with Crippen LogP contribution in [-0.4, -0.2) is 47.1 Å². The van der Waals surface area contributed by atoms with E-state index in [1.165, 1.54) is 6.42 Å². The summed E-state index contributed by atoms with van der Waals surface area (Å²) in [7, 11) is 0. The van der Waals surface area contributed by atoms with Crippen molar-refractivity contribution in [2.75, 3.05) is 13.1 Å². The summed E-state index contributed by atoms with van der Waals surface area (Å²) in [6.07, 6.45) is 4.18. The minimum Gasteiger partial charge on any atom is -0.480 e. The number of nitrogens with one attached hydrogen (secondary N) is 1.